The molecule has 3 nitrogen and oxygen atoms in total. The fraction of sp³-hybridized carbons (Fsp3) is 0.200. The summed E-state index contributed by atoms with van der Waals surface area (Å²) in [5.41, 5.74) is 1.78. The lowest BCUT2D eigenvalue weighted by atomic mass is 10.2. The highest BCUT2D eigenvalue weighted by Crippen LogP contribution is 2.20. The van der Waals surface area contributed by atoms with Crippen LogP contribution in [0.3, 0.4) is 0 Å². The standard InChI is InChI=1S/C15H15F2NO2/c1-19-13-7-5-11(6-8-13)10-18-12-3-2-4-14(9-12)20-15(16)17/h2-9,15,18H,10H2,1H3. The Labute approximate surface area is 116 Å². The molecule has 0 unspecified atom stereocenters. The molecule has 0 radical (unpaired) electrons. The van der Waals surface area contributed by atoms with E-state index in [4.69, 9.17) is 4.74 Å². The van der Waals surface area contributed by atoms with E-state index in [2.05, 4.69) is 10.1 Å². The van der Waals surface area contributed by atoms with Crippen LogP contribution < -0.4 is 14.8 Å². The smallest absolute Gasteiger partial charge is 0.387 e. The van der Waals surface area contributed by atoms with Gasteiger partial charge in [0.25, 0.3) is 0 Å². The molecular weight excluding hydrogens is 264 g/mol. The van der Waals surface area contributed by atoms with Crippen LogP contribution in [0.1, 0.15) is 5.56 Å². The lowest BCUT2D eigenvalue weighted by Gasteiger charge is -2.09. The minimum atomic E-state index is -2.81. The molecular formula is C15H15F2NO2. The summed E-state index contributed by atoms with van der Waals surface area (Å²) in [6.45, 7) is -2.23. The van der Waals surface area contributed by atoms with Gasteiger partial charge in [0.2, 0.25) is 0 Å². The number of hydrogen-bond acceptors (Lipinski definition) is 3. The summed E-state index contributed by atoms with van der Waals surface area (Å²) in [4.78, 5) is 0. The van der Waals surface area contributed by atoms with E-state index in [1.165, 1.54) is 12.1 Å². The molecule has 2 aromatic carbocycles. The highest BCUT2D eigenvalue weighted by atomic mass is 19.3. The van der Waals surface area contributed by atoms with Gasteiger partial charge in [-0.25, -0.2) is 0 Å². The maximum Gasteiger partial charge on any atom is 0.387 e. The van der Waals surface area contributed by atoms with Crippen molar-refractivity contribution in [3.63, 3.8) is 0 Å². The van der Waals surface area contributed by atoms with Crippen LogP contribution in [0.5, 0.6) is 11.5 Å². The van der Waals surface area contributed by atoms with E-state index in [0.29, 0.717) is 6.54 Å². The van der Waals surface area contributed by atoms with Crippen LogP contribution in [0.2, 0.25) is 0 Å². The molecule has 0 saturated carbocycles. The molecule has 0 saturated heterocycles. The number of benzene rings is 2. The van der Waals surface area contributed by atoms with Crippen LogP contribution in [-0.2, 0) is 6.54 Å². The Hall–Kier alpha value is -2.30. The number of ether oxygens (including phenoxy) is 2. The summed E-state index contributed by atoms with van der Waals surface area (Å²) in [6.07, 6.45) is 0. The lowest BCUT2D eigenvalue weighted by molar-refractivity contribution is -0.0498. The van der Waals surface area contributed by atoms with Gasteiger partial charge in [-0.3, -0.25) is 0 Å². The molecule has 0 spiro atoms. The molecule has 2 rings (SSSR count). The number of alkyl halides is 2. The van der Waals surface area contributed by atoms with E-state index in [1.807, 2.05) is 24.3 Å². The van der Waals surface area contributed by atoms with Crippen LogP contribution in [0.4, 0.5) is 14.5 Å². The van der Waals surface area contributed by atoms with Gasteiger partial charge in [-0.05, 0) is 29.8 Å². The minimum Gasteiger partial charge on any atom is -0.497 e. The van der Waals surface area contributed by atoms with E-state index in [1.54, 1.807) is 19.2 Å². The zero-order chi connectivity index (χ0) is 14.4. The monoisotopic (exact) mass is 279 g/mol. The zero-order valence-corrected chi connectivity index (χ0v) is 11.0. The van der Waals surface area contributed by atoms with Crippen LogP contribution in [0.15, 0.2) is 48.5 Å². The first-order chi connectivity index (χ1) is 9.67. The molecule has 0 fully saturated rings. The van der Waals surface area contributed by atoms with Crippen molar-refractivity contribution in [2.24, 2.45) is 0 Å². The van der Waals surface area contributed by atoms with Gasteiger partial charge >= 0.3 is 6.61 Å². The molecule has 0 atom stereocenters. The summed E-state index contributed by atoms with van der Waals surface area (Å²) in [5.74, 6) is 0.931. The van der Waals surface area contributed by atoms with Crippen LogP contribution in [0, 0.1) is 0 Å². The van der Waals surface area contributed by atoms with Crippen molar-refractivity contribution in [3.05, 3.63) is 54.1 Å². The molecule has 0 aromatic heterocycles. The highest BCUT2D eigenvalue weighted by molar-refractivity contribution is 5.48. The predicted molar refractivity (Wildman–Crippen MR) is 73.4 cm³/mol. The lowest BCUT2D eigenvalue weighted by Crippen LogP contribution is -2.03. The molecule has 20 heavy (non-hydrogen) atoms. The second kappa shape index (κ2) is 6.75. The van der Waals surface area contributed by atoms with Gasteiger partial charge in [-0.2, -0.15) is 8.78 Å². The summed E-state index contributed by atoms with van der Waals surface area (Å²) >= 11 is 0. The molecule has 2 aromatic rings. The Morgan fingerprint density at radius 1 is 1.05 bits per heavy atom. The fourth-order valence-electron chi connectivity index (χ4n) is 1.73. The largest absolute Gasteiger partial charge is 0.497 e. The van der Waals surface area contributed by atoms with Crippen molar-refractivity contribution in [1.29, 1.82) is 0 Å². The number of halogens is 2. The normalized spacial score (nSPS) is 10.4. The van der Waals surface area contributed by atoms with Crippen molar-refractivity contribution in [2.45, 2.75) is 13.2 Å². The van der Waals surface area contributed by atoms with Gasteiger partial charge in [0, 0.05) is 18.3 Å². The second-order valence-corrected chi connectivity index (χ2v) is 4.11. The number of nitrogens with one attached hydrogen (secondary N) is 1. The van der Waals surface area contributed by atoms with E-state index in [0.717, 1.165) is 17.0 Å². The van der Waals surface area contributed by atoms with Gasteiger partial charge in [0.1, 0.15) is 11.5 Å². The summed E-state index contributed by atoms with van der Waals surface area (Å²) in [7, 11) is 1.61. The van der Waals surface area contributed by atoms with Crippen molar-refractivity contribution >= 4 is 5.69 Å². The number of anilines is 1. The average Bonchev–Trinajstić information content (AvgIpc) is 2.45. The first-order valence-electron chi connectivity index (χ1n) is 6.09. The van der Waals surface area contributed by atoms with Crippen LogP contribution >= 0.6 is 0 Å². The number of hydrogen-bond donors (Lipinski definition) is 1. The summed E-state index contributed by atoms with van der Waals surface area (Å²) in [5, 5.41) is 3.15. The molecule has 0 aliphatic carbocycles. The SMILES string of the molecule is COc1ccc(CNc2cccc(OC(F)F)c2)cc1. The fourth-order valence-corrected chi connectivity index (χ4v) is 1.73. The molecule has 0 bridgehead atoms. The first kappa shape index (κ1) is 14.1. The Bertz CT molecular complexity index is 544. The highest BCUT2D eigenvalue weighted by Gasteiger charge is 2.04. The molecule has 0 amide bonds. The minimum absolute atomic E-state index is 0.139. The third kappa shape index (κ3) is 4.12. The molecule has 106 valence electrons. The second-order valence-electron chi connectivity index (χ2n) is 4.11. The maximum absolute atomic E-state index is 12.1. The first-order valence-corrected chi connectivity index (χ1v) is 6.09. The average molecular weight is 279 g/mol. The molecule has 0 heterocycles. The molecule has 1 N–H and O–H groups in total. The number of methoxy groups -OCH3 is 1. The Morgan fingerprint density at radius 3 is 2.45 bits per heavy atom. The van der Waals surface area contributed by atoms with Gasteiger partial charge in [0.05, 0.1) is 7.11 Å². The zero-order valence-electron chi connectivity index (χ0n) is 11.0. The Kier molecular flexibility index (Phi) is 4.76. The molecule has 0 aliphatic rings. The quantitative estimate of drug-likeness (QED) is 0.869. The predicted octanol–water partition coefficient (Wildman–Crippen LogP) is 3.91. The number of rotatable bonds is 6. The van der Waals surface area contributed by atoms with Gasteiger partial charge in [-0.15, -0.1) is 0 Å². The summed E-state index contributed by atoms with van der Waals surface area (Å²) in [6, 6.07) is 14.1. The Morgan fingerprint density at radius 2 is 1.80 bits per heavy atom. The van der Waals surface area contributed by atoms with Gasteiger partial charge < -0.3 is 14.8 Å². The van der Waals surface area contributed by atoms with Gasteiger partial charge in [-0.1, -0.05) is 18.2 Å². The van der Waals surface area contributed by atoms with E-state index < -0.39 is 6.61 Å². The third-order valence-corrected chi connectivity index (χ3v) is 2.71. The maximum atomic E-state index is 12.1. The molecule has 5 heteroatoms. The van der Waals surface area contributed by atoms with Crippen molar-refractivity contribution in [1.82, 2.24) is 0 Å². The van der Waals surface area contributed by atoms with E-state index in [-0.39, 0.29) is 5.75 Å². The van der Waals surface area contributed by atoms with E-state index >= 15 is 0 Å². The van der Waals surface area contributed by atoms with Crippen molar-refractivity contribution in [2.75, 3.05) is 12.4 Å². The van der Waals surface area contributed by atoms with Crippen molar-refractivity contribution in [3.8, 4) is 11.5 Å². The third-order valence-electron chi connectivity index (χ3n) is 2.71. The van der Waals surface area contributed by atoms with E-state index in [9.17, 15) is 8.78 Å². The van der Waals surface area contributed by atoms with Crippen molar-refractivity contribution < 1.29 is 18.3 Å². The summed E-state index contributed by atoms with van der Waals surface area (Å²) < 4.78 is 33.7. The topological polar surface area (TPSA) is 30.5 Å². The molecule has 0 aliphatic heterocycles. The van der Waals surface area contributed by atoms with Crippen LogP contribution in [-0.4, -0.2) is 13.7 Å². The Balaban J connectivity index is 1.95. The van der Waals surface area contributed by atoms with Crippen LogP contribution in [0.25, 0.3) is 0 Å². The van der Waals surface area contributed by atoms with Gasteiger partial charge in [0.15, 0.2) is 0 Å².